The average Bonchev–Trinajstić information content (AvgIpc) is 2.29. The number of urea groups is 1. The first kappa shape index (κ1) is 13.6. The molecule has 0 saturated heterocycles. The van der Waals surface area contributed by atoms with Gasteiger partial charge in [-0.2, -0.15) is 5.10 Å². The Balaban J connectivity index is 2.53. The lowest BCUT2D eigenvalue weighted by atomic mass is 10.2. The SMILES string of the molecule is CCCCSc1cccc(C=NNC(N)=O)c1. The second kappa shape index (κ2) is 7.73. The number of carbonyl (C=O) groups is 1. The van der Waals surface area contributed by atoms with Crippen LogP contribution < -0.4 is 11.2 Å². The number of hydrazone groups is 1. The molecule has 1 rings (SSSR count). The Bertz CT molecular complexity index is 393. The van der Waals surface area contributed by atoms with Crippen molar-refractivity contribution in [1.29, 1.82) is 0 Å². The Morgan fingerprint density at radius 3 is 3.12 bits per heavy atom. The first-order valence-electron chi connectivity index (χ1n) is 5.53. The highest BCUT2D eigenvalue weighted by molar-refractivity contribution is 7.99. The predicted octanol–water partition coefficient (Wildman–Crippen LogP) is 2.58. The van der Waals surface area contributed by atoms with E-state index in [0.717, 1.165) is 11.3 Å². The molecule has 5 heteroatoms. The minimum absolute atomic E-state index is 0.658. The molecule has 0 aliphatic heterocycles. The van der Waals surface area contributed by atoms with E-state index in [1.54, 1.807) is 6.21 Å². The number of benzene rings is 1. The Hall–Kier alpha value is -1.49. The monoisotopic (exact) mass is 251 g/mol. The zero-order valence-electron chi connectivity index (χ0n) is 9.85. The maximum Gasteiger partial charge on any atom is 0.332 e. The summed E-state index contributed by atoms with van der Waals surface area (Å²) in [6, 6.07) is 7.34. The fraction of sp³-hybridized carbons (Fsp3) is 0.333. The van der Waals surface area contributed by atoms with Crippen LogP contribution in [-0.2, 0) is 0 Å². The van der Waals surface area contributed by atoms with Gasteiger partial charge in [0.2, 0.25) is 0 Å². The van der Waals surface area contributed by atoms with Gasteiger partial charge in [0.15, 0.2) is 0 Å². The largest absolute Gasteiger partial charge is 0.350 e. The van der Waals surface area contributed by atoms with Gasteiger partial charge in [0.1, 0.15) is 0 Å². The molecule has 0 aromatic heterocycles. The third kappa shape index (κ3) is 5.97. The third-order valence-corrected chi connectivity index (χ3v) is 3.09. The topological polar surface area (TPSA) is 67.5 Å². The molecule has 0 aliphatic carbocycles. The summed E-state index contributed by atoms with van der Waals surface area (Å²) >= 11 is 1.83. The Morgan fingerprint density at radius 2 is 2.41 bits per heavy atom. The minimum atomic E-state index is -0.658. The molecule has 4 nitrogen and oxygen atoms in total. The standard InChI is InChI=1S/C12H17N3OS/c1-2-3-7-17-11-6-4-5-10(8-11)9-14-15-12(13)16/h4-6,8-9H,2-3,7H2,1H3,(H3,13,15,16). The van der Waals surface area contributed by atoms with E-state index >= 15 is 0 Å². The lowest BCUT2D eigenvalue weighted by Gasteiger charge is -2.01. The summed E-state index contributed by atoms with van der Waals surface area (Å²) in [5, 5.41) is 3.72. The Labute approximate surface area is 106 Å². The maximum absolute atomic E-state index is 10.4. The van der Waals surface area contributed by atoms with Gasteiger partial charge in [-0.25, -0.2) is 10.2 Å². The van der Waals surface area contributed by atoms with Crippen molar-refractivity contribution in [1.82, 2.24) is 5.43 Å². The number of unbranched alkanes of at least 4 members (excludes halogenated alkanes) is 1. The van der Waals surface area contributed by atoms with Gasteiger partial charge in [-0.1, -0.05) is 25.5 Å². The highest BCUT2D eigenvalue weighted by atomic mass is 32.2. The molecule has 1 aromatic rings. The number of nitrogens with one attached hydrogen (secondary N) is 1. The number of primary amides is 1. The highest BCUT2D eigenvalue weighted by Gasteiger charge is 1.95. The van der Waals surface area contributed by atoms with E-state index in [-0.39, 0.29) is 0 Å². The second-order valence-corrected chi connectivity index (χ2v) is 4.68. The van der Waals surface area contributed by atoms with Crippen molar-refractivity contribution >= 4 is 24.0 Å². The van der Waals surface area contributed by atoms with E-state index in [1.165, 1.54) is 17.7 Å². The summed E-state index contributed by atoms with van der Waals surface area (Å²) < 4.78 is 0. The van der Waals surface area contributed by atoms with Gasteiger partial charge in [0, 0.05) is 4.90 Å². The van der Waals surface area contributed by atoms with Crippen molar-refractivity contribution in [2.75, 3.05) is 5.75 Å². The lowest BCUT2D eigenvalue weighted by molar-refractivity contribution is 0.249. The maximum atomic E-state index is 10.4. The average molecular weight is 251 g/mol. The van der Waals surface area contributed by atoms with Gasteiger partial charge >= 0.3 is 6.03 Å². The van der Waals surface area contributed by atoms with Gasteiger partial charge in [-0.15, -0.1) is 11.8 Å². The number of rotatable bonds is 6. The zero-order valence-corrected chi connectivity index (χ0v) is 10.7. The number of carbonyl (C=O) groups excluding carboxylic acids is 1. The number of thioether (sulfide) groups is 1. The van der Waals surface area contributed by atoms with Crippen LogP contribution in [-0.4, -0.2) is 18.0 Å². The summed E-state index contributed by atoms with van der Waals surface area (Å²) in [4.78, 5) is 11.6. The molecule has 0 aliphatic rings. The van der Waals surface area contributed by atoms with Crippen molar-refractivity contribution in [3.8, 4) is 0 Å². The molecule has 0 radical (unpaired) electrons. The highest BCUT2D eigenvalue weighted by Crippen LogP contribution is 2.19. The van der Waals surface area contributed by atoms with Gasteiger partial charge in [0.05, 0.1) is 6.21 Å². The predicted molar refractivity (Wildman–Crippen MR) is 72.4 cm³/mol. The molecule has 0 saturated carbocycles. The van der Waals surface area contributed by atoms with Crippen LogP contribution in [0, 0.1) is 0 Å². The molecule has 0 unspecified atom stereocenters. The molecular weight excluding hydrogens is 234 g/mol. The molecule has 1 aromatic carbocycles. The number of nitrogens with two attached hydrogens (primary N) is 1. The second-order valence-electron chi connectivity index (χ2n) is 3.51. The van der Waals surface area contributed by atoms with E-state index in [4.69, 9.17) is 5.73 Å². The fourth-order valence-electron chi connectivity index (χ4n) is 1.19. The van der Waals surface area contributed by atoms with Crippen molar-refractivity contribution in [3.05, 3.63) is 29.8 Å². The van der Waals surface area contributed by atoms with E-state index < -0.39 is 6.03 Å². The molecular formula is C12H17N3OS. The molecule has 2 amide bonds. The molecule has 92 valence electrons. The van der Waals surface area contributed by atoms with Crippen LogP contribution in [0.2, 0.25) is 0 Å². The van der Waals surface area contributed by atoms with Crippen LogP contribution in [0.15, 0.2) is 34.3 Å². The first-order valence-corrected chi connectivity index (χ1v) is 6.52. The minimum Gasteiger partial charge on any atom is -0.350 e. The van der Waals surface area contributed by atoms with Gasteiger partial charge in [-0.05, 0) is 29.9 Å². The molecule has 3 N–H and O–H groups in total. The van der Waals surface area contributed by atoms with Gasteiger partial charge < -0.3 is 5.73 Å². The molecule has 17 heavy (non-hydrogen) atoms. The number of hydrogen-bond acceptors (Lipinski definition) is 3. The van der Waals surface area contributed by atoms with Crippen LogP contribution >= 0.6 is 11.8 Å². The van der Waals surface area contributed by atoms with Crippen LogP contribution in [0.5, 0.6) is 0 Å². The van der Waals surface area contributed by atoms with Crippen LogP contribution in [0.25, 0.3) is 0 Å². The fourth-order valence-corrected chi connectivity index (χ4v) is 2.25. The number of hydrogen-bond donors (Lipinski definition) is 2. The van der Waals surface area contributed by atoms with Crippen LogP contribution in [0.1, 0.15) is 25.3 Å². The molecule has 0 atom stereocenters. The molecule has 0 bridgehead atoms. The smallest absolute Gasteiger partial charge is 0.332 e. The van der Waals surface area contributed by atoms with Gasteiger partial charge in [0.25, 0.3) is 0 Å². The summed E-state index contributed by atoms with van der Waals surface area (Å²) in [6.07, 6.45) is 4.00. The lowest BCUT2D eigenvalue weighted by Crippen LogP contribution is -2.24. The summed E-state index contributed by atoms with van der Waals surface area (Å²) in [5.41, 5.74) is 8.01. The third-order valence-electron chi connectivity index (χ3n) is 2.01. The Kier molecular flexibility index (Phi) is 6.17. The number of nitrogens with zero attached hydrogens (tertiary/aromatic N) is 1. The summed E-state index contributed by atoms with van der Waals surface area (Å²) in [7, 11) is 0. The summed E-state index contributed by atoms with van der Waals surface area (Å²) in [6.45, 7) is 2.18. The first-order chi connectivity index (χ1) is 8.22. The van der Waals surface area contributed by atoms with E-state index in [9.17, 15) is 4.79 Å². The van der Waals surface area contributed by atoms with E-state index in [2.05, 4.69) is 23.5 Å². The molecule has 0 spiro atoms. The number of amides is 2. The Morgan fingerprint density at radius 1 is 1.59 bits per heavy atom. The summed E-state index contributed by atoms with van der Waals surface area (Å²) in [5.74, 6) is 1.12. The van der Waals surface area contributed by atoms with Crippen LogP contribution in [0.4, 0.5) is 4.79 Å². The van der Waals surface area contributed by atoms with Crippen molar-refractivity contribution in [2.45, 2.75) is 24.7 Å². The van der Waals surface area contributed by atoms with Gasteiger partial charge in [-0.3, -0.25) is 0 Å². The normalized spacial score (nSPS) is 10.6. The van der Waals surface area contributed by atoms with Crippen molar-refractivity contribution in [3.63, 3.8) is 0 Å². The van der Waals surface area contributed by atoms with E-state index in [1.807, 2.05) is 30.0 Å². The van der Waals surface area contributed by atoms with Crippen molar-refractivity contribution < 1.29 is 4.79 Å². The quantitative estimate of drug-likeness (QED) is 0.353. The molecule has 0 fully saturated rings. The van der Waals surface area contributed by atoms with E-state index in [0.29, 0.717) is 0 Å². The van der Waals surface area contributed by atoms with Crippen LogP contribution in [0.3, 0.4) is 0 Å². The molecule has 0 heterocycles. The zero-order chi connectivity index (χ0) is 12.5. The van der Waals surface area contributed by atoms with Crippen molar-refractivity contribution in [2.24, 2.45) is 10.8 Å².